The highest BCUT2D eigenvalue weighted by atomic mass is 32.2. The Kier molecular flexibility index (Phi) is 2.38. The van der Waals surface area contributed by atoms with Gasteiger partial charge in [-0.1, -0.05) is 22.7 Å². The molecule has 1 nitrogen and oxygen atoms in total. The van der Waals surface area contributed by atoms with E-state index in [-0.39, 0.29) is 0 Å². The molecule has 1 fully saturated rings. The van der Waals surface area contributed by atoms with Gasteiger partial charge in [0.25, 0.3) is 0 Å². The molecule has 1 saturated heterocycles. The summed E-state index contributed by atoms with van der Waals surface area (Å²) in [4.78, 5) is 0. The van der Waals surface area contributed by atoms with Crippen LogP contribution in [-0.2, 0) is 0 Å². The zero-order valence-electron chi connectivity index (χ0n) is 6.45. The molecule has 0 N–H and O–H groups in total. The van der Waals surface area contributed by atoms with Crippen molar-refractivity contribution in [3.05, 3.63) is 14.7 Å². The first kappa shape index (κ1) is 7.50. The van der Waals surface area contributed by atoms with Gasteiger partial charge in [0.15, 0.2) is 0 Å². The first-order valence-electron chi connectivity index (χ1n) is 4.07. The molecule has 11 heavy (non-hydrogen) atoms. The molecule has 0 atom stereocenters. The molecule has 0 amide bonds. The molecule has 1 aliphatic heterocycles. The minimum Gasteiger partial charge on any atom is -0.212 e. The van der Waals surface area contributed by atoms with Crippen molar-refractivity contribution in [3.8, 4) is 0 Å². The fourth-order valence-corrected chi connectivity index (χ4v) is 3.32. The number of hydrogen-bond acceptors (Lipinski definition) is 2. The minimum atomic E-state index is 1.27. The van der Waals surface area contributed by atoms with Crippen LogP contribution in [0.15, 0.2) is 10.8 Å². The molecule has 0 aromatic carbocycles. The van der Waals surface area contributed by atoms with Gasteiger partial charge in [-0.15, -0.1) is 0 Å². The maximum Gasteiger partial charge on any atom is 0.313 e. The number of hydrogen-bond donors (Lipinski definition) is 0. The average molecular weight is 186 g/mol. The van der Waals surface area contributed by atoms with E-state index in [4.69, 9.17) is 0 Å². The van der Waals surface area contributed by atoms with Gasteiger partial charge in [-0.2, -0.15) is 0 Å². The van der Waals surface area contributed by atoms with Gasteiger partial charge < -0.3 is 0 Å². The fourth-order valence-electron chi connectivity index (χ4n) is 1.43. The van der Waals surface area contributed by atoms with Crippen molar-refractivity contribution < 1.29 is 0 Å². The van der Waals surface area contributed by atoms with E-state index in [1.165, 1.54) is 36.3 Å². The molecule has 2 heterocycles. The van der Waals surface area contributed by atoms with Crippen molar-refractivity contribution in [2.75, 3.05) is 13.1 Å². The van der Waals surface area contributed by atoms with Gasteiger partial charge in [0.2, 0.25) is 0 Å². The third-order valence-corrected chi connectivity index (χ3v) is 4.22. The maximum absolute atomic E-state index is 2.51. The van der Waals surface area contributed by atoms with Gasteiger partial charge in [0.05, 0.1) is 0 Å². The molecule has 0 saturated carbocycles. The monoisotopic (exact) mass is 186 g/mol. The van der Waals surface area contributed by atoms with Crippen LogP contribution in [0.5, 0.6) is 0 Å². The third kappa shape index (κ3) is 1.71. The molecule has 0 spiro atoms. The van der Waals surface area contributed by atoms with E-state index in [9.17, 15) is 0 Å². The summed E-state index contributed by atoms with van der Waals surface area (Å²) in [5.74, 6) is 0. The zero-order valence-corrected chi connectivity index (χ0v) is 8.09. The summed E-state index contributed by atoms with van der Waals surface area (Å²) in [6.07, 6.45) is 4.18. The summed E-state index contributed by atoms with van der Waals surface area (Å²) in [7, 11) is 0. The summed E-state index contributed by atoms with van der Waals surface area (Å²) >= 11 is 3.75. The smallest absolute Gasteiger partial charge is 0.212 e. The first-order chi connectivity index (χ1) is 5.47. The van der Waals surface area contributed by atoms with Gasteiger partial charge in [-0.05, 0) is 6.42 Å². The Balaban J connectivity index is 2.32. The van der Waals surface area contributed by atoms with Crippen molar-refractivity contribution in [2.45, 2.75) is 19.3 Å². The zero-order chi connectivity index (χ0) is 7.52. The molecule has 0 unspecified atom stereocenters. The maximum atomic E-state index is 2.51. The topological polar surface area (TPSA) is 3.01 Å². The molecule has 3 heteroatoms. The summed E-state index contributed by atoms with van der Waals surface area (Å²) in [5, 5.41) is 4.35. The Labute approximate surface area is 74.6 Å². The van der Waals surface area contributed by atoms with Gasteiger partial charge in [-0.3, -0.25) is 0 Å². The van der Waals surface area contributed by atoms with E-state index < -0.39 is 0 Å². The van der Waals surface area contributed by atoms with Gasteiger partial charge in [0.1, 0.15) is 13.1 Å². The Morgan fingerprint density at radius 1 is 1.00 bits per heavy atom. The largest absolute Gasteiger partial charge is 0.313 e. The normalized spacial score (nSPS) is 18.7. The molecule has 60 valence electrons. The Bertz CT molecular complexity index is 260. The highest BCUT2D eigenvalue weighted by Gasteiger charge is 2.11. The molecular weight excluding hydrogens is 174 g/mol. The van der Waals surface area contributed by atoms with Crippen LogP contribution in [0.2, 0.25) is 0 Å². The van der Waals surface area contributed by atoms with Crippen LogP contribution in [0.1, 0.15) is 19.3 Å². The molecule has 1 aromatic rings. The molecular formula is C8H12NS2+. The Morgan fingerprint density at radius 2 is 1.64 bits per heavy atom. The van der Waals surface area contributed by atoms with Gasteiger partial charge in [-0.25, -0.2) is 4.58 Å². The Morgan fingerprint density at radius 3 is 2.27 bits per heavy atom. The Hall–Kier alpha value is -0.150. The molecule has 2 rings (SSSR count). The van der Waals surface area contributed by atoms with E-state index in [2.05, 4.69) is 15.3 Å². The highest BCUT2D eigenvalue weighted by molar-refractivity contribution is 7.24. The number of nitrogens with zero attached hydrogens (tertiary/aromatic N) is 1. The summed E-state index contributed by atoms with van der Waals surface area (Å²) in [5.41, 5.74) is 0. The summed E-state index contributed by atoms with van der Waals surface area (Å²) < 4.78 is 4.00. The van der Waals surface area contributed by atoms with Gasteiger partial charge >= 0.3 is 3.98 Å². The summed E-state index contributed by atoms with van der Waals surface area (Å²) in [6.45, 7) is 2.55. The molecule has 0 radical (unpaired) electrons. The van der Waals surface area contributed by atoms with Crippen LogP contribution in [0.4, 0.5) is 0 Å². The van der Waals surface area contributed by atoms with Gasteiger partial charge in [0, 0.05) is 23.6 Å². The first-order valence-corrected chi connectivity index (χ1v) is 5.83. The van der Waals surface area contributed by atoms with Crippen LogP contribution in [0.3, 0.4) is 0 Å². The van der Waals surface area contributed by atoms with Crippen LogP contribution >= 0.6 is 22.7 Å². The van der Waals surface area contributed by atoms with Crippen LogP contribution in [0, 0.1) is 0 Å². The summed E-state index contributed by atoms with van der Waals surface area (Å²) in [6, 6.07) is 0. The average Bonchev–Trinajstić information content (AvgIpc) is 2.58. The van der Waals surface area contributed by atoms with Crippen molar-refractivity contribution in [1.29, 1.82) is 0 Å². The predicted molar refractivity (Wildman–Crippen MR) is 51.1 cm³/mol. The minimum absolute atomic E-state index is 1.27. The van der Waals surface area contributed by atoms with E-state index >= 15 is 0 Å². The van der Waals surface area contributed by atoms with Crippen molar-refractivity contribution >= 4 is 22.7 Å². The van der Waals surface area contributed by atoms with Crippen molar-refractivity contribution in [1.82, 2.24) is 4.58 Å². The second-order valence-electron chi connectivity index (χ2n) is 2.82. The quantitative estimate of drug-likeness (QED) is 0.543. The molecule has 0 aliphatic carbocycles. The van der Waals surface area contributed by atoms with Crippen LogP contribution in [0.25, 0.3) is 0 Å². The molecule has 0 bridgehead atoms. The predicted octanol–water partition coefficient (Wildman–Crippen LogP) is 1.77. The van der Waals surface area contributed by atoms with E-state index in [1.54, 1.807) is 0 Å². The second-order valence-corrected chi connectivity index (χ2v) is 4.87. The van der Waals surface area contributed by atoms with E-state index in [0.717, 1.165) is 0 Å². The number of rotatable bonds is 0. The molecule has 1 aromatic heterocycles. The highest BCUT2D eigenvalue weighted by Crippen LogP contribution is 2.03. The second kappa shape index (κ2) is 3.50. The van der Waals surface area contributed by atoms with E-state index in [0.29, 0.717) is 0 Å². The van der Waals surface area contributed by atoms with Crippen molar-refractivity contribution in [3.63, 3.8) is 0 Å². The SMILES string of the molecule is c1csc(=[N+]2CCCCC2)s1. The lowest BCUT2D eigenvalue weighted by atomic mass is 10.2. The molecule has 1 aliphatic rings. The fraction of sp³-hybridized carbons (Fsp3) is 0.625. The van der Waals surface area contributed by atoms with Crippen LogP contribution in [-0.4, -0.2) is 13.1 Å². The lowest BCUT2D eigenvalue weighted by Gasteiger charge is -2.07. The lowest BCUT2D eigenvalue weighted by molar-refractivity contribution is 0.459. The lowest BCUT2D eigenvalue weighted by Crippen LogP contribution is -2.31. The van der Waals surface area contributed by atoms with Crippen molar-refractivity contribution in [2.24, 2.45) is 0 Å². The number of piperidine rings is 1. The standard InChI is InChI=1S/C8H12NS2/c1-2-4-9(5-3-1)8-10-6-7-11-8/h6-7H,1-5H2/q+1. The van der Waals surface area contributed by atoms with Crippen LogP contribution < -0.4 is 8.56 Å². The van der Waals surface area contributed by atoms with E-state index in [1.807, 2.05) is 22.7 Å². The third-order valence-electron chi connectivity index (χ3n) is 2.01.